The maximum Gasteiger partial charge on any atom is 0.138 e. The molecule has 21 heavy (non-hydrogen) atoms. The van der Waals surface area contributed by atoms with Gasteiger partial charge in [-0.1, -0.05) is 18.2 Å². The number of fused-ring (bicyclic) bond motifs is 1. The molecule has 1 aliphatic rings. The monoisotopic (exact) mass is 305 g/mol. The Morgan fingerprint density at radius 3 is 2.86 bits per heavy atom. The first-order valence-electron chi connectivity index (χ1n) is 6.65. The number of aliphatic hydroxyl groups is 1. The molecule has 0 radical (unpaired) electrons. The third kappa shape index (κ3) is 2.48. The third-order valence-electron chi connectivity index (χ3n) is 3.77. The van der Waals surface area contributed by atoms with Gasteiger partial charge < -0.3 is 14.7 Å². The molecule has 110 valence electrons. The van der Waals surface area contributed by atoms with Crippen LogP contribution in [0.25, 0.3) is 16.3 Å². The van der Waals surface area contributed by atoms with Gasteiger partial charge in [0.05, 0.1) is 12.7 Å². The van der Waals surface area contributed by atoms with Crippen molar-refractivity contribution in [1.82, 2.24) is 9.97 Å². The summed E-state index contributed by atoms with van der Waals surface area (Å²) in [4.78, 5) is 10.8. The average molecular weight is 306 g/mol. The van der Waals surface area contributed by atoms with Gasteiger partial charge in [-0.15, -0.1) is 0 Å². The van der Waals surface area contributed by atoms with E-state index in [1.54, 1.807) is 25.6 Å². The maximum atomic E-state index is 9.32. The molecule has 6 heteroatoms. The number of rotatable bonds is 4. The van der Waals surface area contributed by atoms with Crippen LogP contribution in [-0.4, -0.2) is 48.0 Å². The molecular weight excluding hydrogens is 290 g/mol. The summed E-state index contributed by atoms with van der Waals surface area (Å²) in [7, 11) is 1.71. The predicted molar refractivity (Wildman–Crippen MR) is 83.7 cm³/mol. The van der Waals surface area contributed by atoms with Gasteiger partial charge in [-0.3, -0.25) is 0 Å². The van der Waals surface area contributed by atoms with E-state index >= 15 is 0 Å². The smallest absolute Gasteiger partial charge is 0.138 e. The third-order valence-corrected chi connectivity index (χ3v) is 3.98. The minimum atomic E-state index is -0.120. The van der Waals surface area contributed by atoms with Gasteiger partial charge in [0.2, 0.25) is 0 Å². The van der Waals surface area contributed by atoms with Gasteiger partial charge in [0.1, 0.15) is 11.0 Å². The van der Waals surface area contributed by atoms with Gasteiger partial charge in [-0.2, -0.15) is 0 Å². The van der Waals surface area contributed by atoms with Crippen molar-refractivity contribution >= 4 is 33.8 Å². The molecule has 0 saturated carbocycles. The van der Waals surface area contributed by atoms with Gasteiger partial charge in [-0.05, 0) is 17.0 Å². The molecule has 0 bridgehead atoms. The zero-order valence-electron chi connectivity index (χ0n) is 11.7. The van der Waals surface area contributed by atoms with Crippen molar-refractivity contribution in [2.75, 3.05) is 31.7 Å². The Labute approximate surface area is 127 Å². The Kier molecular flexibility index (Phi) is 3.80. The van der Waals surface area contributed by atoms with Crippen LogP contribution in [0.2, 0.25) is 5.15 Å². The molecule has 0 atom stereocenters. The molecule has 3 heterocycles. The quantitative estimate of drug-likeness (QED) is 0.877. The summed E-state index contributed by atoms with van der Waals surface area (Å²) >= 11 is 6.01. The zero-order chi connectivity index (χ0) is 15.0. The Balaban J connectivity index is 2.10. The van der Waals surface area contributed by atoms with Crippen LogP contribution in [0.1, 0.15) is 5.56 Å². The molecule has 0 unspecified atom stereocenters. The van der Waals surface area contributed by atoms with E-state index in [0.717, 1.165) is 35.2 Å². The number of hydrogen-bond acceptors (Lipinski definition) is 5. The molecule has 0 aromatic carbocycles. The van der Waals surface area contributed by atoms with Crippen molar-refractivity contribution in [3.8, 4) is 0 Å². The Hall–Kier alpha value is -1.69. The molecule has 1 N–H and O–H groups in total. The van der Waals surface area contributed by atoms with E-state index in [9.17, 15) is 5.11 Å². The highest BCUT2D eigenvalue weighted by Gasteiger charge is 2.29. The molecule has 2 aromatic heterocycles. The predicted octanol–water partition coefficient (Wildman–Crippen LogP) is 2.12. The summed E-state index contributed by atoms with van der Waals surface area (Å²) in [6.07, 6.45) is 3.69. The van der Waals surface area contributed by atoms with Crippen LogP contribution in [-0.2, 0) is 4.74 Å². The lowest BCUT2D eigenvalue weighted by molar-refractivity contribution is 0.0785. The van der Waals surface area contributed by atoms with Crippen molar-refractivity contribution in [3.63, 3.8) is 0 Å². The number of aliphatic hydroxyl groups excluding tert-OH is 1. The average Bonchev–Trinajstić information content (AvgIpc) is 2.45. The number of ether oxygens (including phenoxy) is 1. The van der Waals surface area contributed by atoms with Crippen molar-refractivity contribution < 1.29 is 9.84 Å². The Morgan fingerprint density at radius 2 is 2.19 bits per heavy atom. The normalized spacial score (nSPS) is 15.3. The number of nitrogens with zero attached hydrogens (tertiary/aromatic N) is 3. The van der Waals surface area contributed by atoms with Crippen LogP contribution < -0.4 is 4.90 Å². The molecule has 1 saturated heterocycles. The van der Waals surface area contributed by atoms with E-state index < -0.39 is 0 Å². The Morgan fingerprint density at radius 1 is 1.43 bits per heavy atom. The van der Waals surface area contributed by atoms with E-state index in [1.165, 1.54) is 0 Å². The van der Waals surface area contributed by atoms with E-state index in [4.69, 9.17) is 16.3 Å². The van der Waals surface area contributed by atoms with Crippen LogP contribution in [0, 0.1) is 0 Å². The number of halogens is 1. The number of hydrogen-bond donors (Lipinski definition) is 1. The fourth-order valence-electron chi connectivity index (χ4n) is 2.47. The van der Waals surface area contributed by atoms with E-state index in [0.29, 0.717) is 10.7 Å². The van der Waals surface area contributed by atoms with Crippen molar-refractivity contribution in [1.29, 1.82) is 0 Å². The Bertz CT molecular complexity index is 699. The molecule has 0 amide bonds. The summed E-state index contributed by atoms with van der Waals surface area (Å²) in [5, 5.41) is 11.5. The second kappa shape index (κ2) is 5.60. The first-order valence-corrected chi connectivity index (χ1v) is 7.03. The fourth-order valence-corrected chi connectivity index (χ4v) is 2.63. The summed E-state index contributed by atoms with van der Waals surface area (Å²) in [6, 6.07) is 1.78. The van der Waals surface area contributed by atoms with Gasteiger partial charge >= 0.3 is 0 Å². The maximum absolute atomic E-state index is 9.32. The topological polar surface area (TPSA) is 58.5 Å². The molecule has 2 aromatic rings. The van der Waals surface area contributed by atoms with Gasteiger partial charge in [-0.25, -0.2) is 9.97 Å². The van der Waals surface area contributed by atoms with Crippen molar-refractivity contribution in [2.24, 2.45) is 0 Å². The second-order valence-electron chi connectivity index (χ2n) is 5.07. The lowest BCUT2D eigenvalue weighted by Gasteiger charge is -2.39. The summed E-state index contributed by atoms with van der Waals surface area (Å²) in [5.74, 6) is 0.858. The van der Waals surface area contributed by atoms with Gasteiger partial charge in [0, 0.05) is 43.5 Å². The van der Waals surface area contributed by atoms with E-state index in [1.807, 2.05) is 0 Å². The first kappa shape index (κ1) is 14.3. The molecule has 5 nitrogen and oxygen atoms in total. The van der Waals surface area contributed by atoms with Crippen molar-refractivity contribution in [2.45, 2.75) is 6.10 Å². The highest BCUT2D eigenvalue weighted by molar-refractivity contribution is 6.30. The number of anilines is 1. The van der Waals surface area contributed by atoms with E-state index in [2.05, 4.69) is 21.4 Å². The molecule has 0 spiro atoms. The van der Waals surface area contributed by atoms with Crippen molar-refractivity contribution in [3.05, 3.63) is 35.8 Å². The lowest BCUT2D eigenvalue weighted by Crippen LogP contribution is -2.52. The van der Waals surface area contributed by atoms with Gasteiger partial charge in [0.25, 0.3) is 0 Å². The number of methoxy groups -OCH3 is 1. The number of pyridine rings is 2. The summed E-state index contributed by atoms with van der Waals surface area (Å²) in [6.45, 7) is 5.36. The zero-order valence-corrected chi connectivity index (χ0v) is 12.5. The fraction of sp³-hybridized carbons (Fsp3) is 0.333. The summed E-state index contributed by atoms with van der Waals surface area (Å²) < 4.78 is 5.30. The van der Waals surface area contributed by atoms with Crippen LogP contribution in [0.15, 0.2) is 25.0 Å². The second-order valence-corrected chi connectivity index (χ2v) is 5.46. The molecular formula is C15H16ClN3O2. The molecule has 1 fully saturated rings. The number of aromatic nitrogens is 2. The minimum Gasteiger partial charge on any atom is -0.392 e. The van der Waals surface area contributed by atoms with Crippen LogP contribution in [0.4, 0.5) is 5.82 Å². The highest BCUT2D eigenvalue weighted by atomic mass is 35.5. The largest absolute Gasteiger partial charge is 0.392 e. The molecule has 1 aliphatic heterocycles. The highest BCUT2D eigenvalue weighted by Crippen LogP contribution is 2.33. The molecule has 3 rings (SSSR count). The van der Waals surface area contributed by atoms with Crippen LogP contribution in [0.5, 0.6) is 0 Å². The lowest BCUT2D eigenvalue weighted by atomic mass is 10.0. The van der Waals surface area contributed by atoms with Crippen LogP contribution in [0.3, 0.4) is 0 Å². The standard InChI is InChI=1S/C15H16ClN3O2/c1-9(8-20)12-4-18-15(19-6-10(7-19)21-2)13-5-17-14(16)3-11(12)13/h3-5,10,20H,1,6-8H2,2H3. The van der Waals surface area contributed by atoms with E-state index in [-0.39, 0.29) is 12.7 Å². The SMILES string of the molecule is C=C(CO)c1cnc(N2CC(OC)C2)c2cnc(Cl)cc12. The molecule has 0 aliphatic carbocycles. The van der Waals surface area contributed by atoms with Crippen LogP contribution >= 0.6 is 11.6 Å². The van der Waals surface area contributed by atoms with Gasteiger partial charge in [0.15, 0.2) is 0 Å². The minimum absolute atomic E-state index is 0.120. The summed E-state index contributed by atoms with van der Waals surface area (Å²) in [5.41, 5.74) is 1.41. The first-order chi connectivity index (χ1) is 10.1.